The maximum absolute atomic E-state index is 12.7. The van der Waals surface area contributed by atoms with Crippen LogP contribution >= 0.6 is 12.4 Å². The number of halogens is 1. The molecule has 0 bridgehead atoms. The second-order valence-electron chi connectivity index (χ2n) is 8.56. The highest BCUT2D eigenvalue weighted by molar-refractivity contribution is 5.95. The molecule has 0 aliphatic heterocycles. The Morgan fingerprint density at radius 3 is 2.48 bits per heavy atom. The third-order valence-electron chi connectivity index (χ3n) is 4.63. The standard InChI is InChI=1S/C20H30N4O2.ClH/c1-13(2)20(6,12-21)23-18(25)15-9-7-8-14(10-15)17-22-16(26-24-17)11-19(3,4)5;/h7-10,13H,11-12,21H2,1-6H3,(H,23,25);1H. The maximum Gasteiger partial charge on any atom is 0.251 e. The summed E-state index contributed by atoms with van der Waals surface area (Å²) in [6.45, 7) is 12.8. The topological polar surface area (TPSA) is 94.0 Å². The van der Waals surface area contributed by atoms with Crippen LogP contribution in [0, 0.1) is 11.3 Å². The SMILES string of the molecule is CC(C)C(C)(CN)NC(=O)c1cccc(-c2noc(CC(C)(C)C)n2)c1.Cl. The third-order valence-corrected chi connectivity index (χ3v) is 4.63. The quantitative estimate of drug-likeness (QED) is 0.775. The van der Waals surface area contributed by atoms with Crippen molar-refractivity contribution in [3.8, 4) is 11.4 Å². The fraction of sp³-hybridized carbons (Fsp3) is 0.550. The molecule has 0 aliphatic carbocycles. The number of nitrogens with two attached hydrogens (primary N) is 1. The van der Waals surface area contributed by atoms with Crippen LogP contribution < -0.4 is 11.1 Å². The lowest BCUT2D eigenvalue weighted by atomic mass is 9.88. The molecule has 27 heavy (non-hydrogen) atoms. The molecular formula is C20H31ClN4O2. The molecule has 0 radical (unpaired) electrons. The van der Waals surface area contributed by atoms with Gasteiger partial charge in [-0.25, -0.2) is 0 Å². The van der Waals surface area contributed by atoms with E-state index in [4.69, 9.17) is 10.3 Å². The van der Waals surface area contributed by atoms with Crippen LogP contribution in [0.2, 0.25) is 0 Å². The Hall–Kier alpha value is -1.92. The summed E-state index contributed by atoms with van der Waals surface area (Å²) in [5.74, 6) is 1.14. The summed E-state index contributed by atoms with van der Waals surface area (Å²) in [7, 11) is 0. The molecule has 3 N–H and O–H groups in total. The van der Waals surface area contributed by atoms with Crippen molar-refractivity contribution in [2.45, 2.75) is 53.5 Å². The first-order chi connectivity index (χ1) is 12.0. The van der Waals surface area contributed by atoms with Gasteiger partial charge in [0.2, 0.25) is 11.7 Å². The Balaban J connectivity index is 0.00000364. The average Bonchev–Trinajstić information content (AvgIpc) is 3.01. The zero-order chi connectivity index (χ0) is 19.5. The lowest BCUT2D eigenvalue weighted by Gasteiger charge is -2.33. The highest BCUT2D eigenvalue weighted by Crippen LogP contribution is 2.23. The molecule has 0 saturated heterocycles. The van der Waals surface area contributed by atoms with Crippen molar-refractivity contribution in [3.05, 3.63) is 35.7 Å². The van der Waals surface area contributed by atoms with E-state index in [0.717, 1.165) is 5.56 Å². The number of nitrogens with zero attached hydrogens (tertiary/aromatic N) is 2. The predicted octanol–water partition coefficient (Wildman–Crippen LogP) is 3.85. The van der Waals surface area contributed by atoms with Gasteiger partial charge in [-0.2, -0.15) is 4.98 Å². The van der Waals surface area contributed by atoms with Gasteiger partial charge in [-0.3, -0.25) is 4.79 Å². The van der Waals surface area contributed by atoms with Crippen molar-refractivity contribution in [1.29, 1.82) is 0 Å². The molecule has 0 saturated carbocycles. The normalized spacial score (nSPS) is 13.8. The number of benzene rings is 1. The van der Waals surface area contributed by atoms with Gasteiger partial charge < -0.3 is 15.6 Å². The summed E-state index contributed by atoms with van der Waals surface area (Å²) < 4.78 is 5.35. The van der Waals surface area contributed by atoms with Crippen LogP contribution in [-0.2, 0) is 6.42 Å². The van der Waals surface area contributed by atoms with E-state index in [1.807, 2.05) is 32.9 Å². The third kappa shape index (κ3) is 6.04. The van der Waals surface area contributed by atoms with Crippen molar-refractivity contribution in [2.75, 3.05) is 6.54 Å². The molecule has 2 rings (SSSR count). The van der Waals surface area contributed by atoms with Gasteiger partial charge in [0.25, 0.3) is 5.91 Å². The van der Waals surface area contributed by atoms with E-state index in [-0.39, 0.29) is 29.6 Å². The van der Waals surface area contributed by atoms with Crippen molar-refractivity contribution in [3.63, 3.8) is 0 Å². The number of carbonyl (C=O) groups excluding carboxylic acids is 1. The monoisotopic (exact) mass is 394 g/mol. The first-order valence-electron chi connectivity index (χ1n) is 9.00. The van der Waals surface area contributed by atoms with Crippen LogP contribution in [0.15, 0.2) is 28.8 Å². The van der Waals surface area contributed by atoms with Gasteiger partial charge in [0, 0.05) is 24.1 Å². The first kappa shape index (κ1) is 23.1. The second kappa shape index (κ2) is 8.85. The predicted molar refractivity (Wildman–Crippen MR) is 110 cm³/mol. The molecule has 0 aliphatic rings. The Morgan fingerprint density at radius 1 is 1.26 bits per heavy atom. The molecule has 2 aromatic rings. The van der Waals surface area contributed by atoms with Gasteiger partial charge in [0.15, 0.2) is 0 Å². The lowest BCUT2D eigenvalue weighted by molar-refractivity contribution is 0.0883. The molecule has 150 valence electrons. The fourth-order valence-corrected chi connectivity index (χ4v) is 2.46. The fourth-order valence-electron chi connectivity index (χ4n) is 2.46. The number of rotatable bonds is 6. The summed E-state index contributed by atoms with van der Waals surface area (Å²) in [5.41, 5.74) is 6.76. The summed E-state index contributed by atoms with van der Waals surface area (Å²) in [6.07, 6.45) is 0.698. The van der Waals surface area contributed by atoms with Gasteiger partial charge in [-0.15, -0.1) is 12.4 Å². The van der Waals surface area contributed by atoms with Gasteiger partial charge >= 0.3 is 0 Å². The number of carbonyl (C=O) groups is 1. The van der Waals surface area contributed by atoms with E-state index in [1.165, 1.54) is 0 Å². The van der Waals surface area contributed by atoms with Gasteiger partial charge in [0.05, 0.1) is 5.54 Å². The van der Waals surface area contributed by atoms with Crippen molar-refractivity contribution in [2.24, 2.45) is 17.1 Å². The van der Waals surface area contributed by atoms with E-state index in [2.05, 4.69) is 36.2 Å². The number of hydrogen-bond acceptors (Lipinski definition) is 5. The first-order valence-corrected chi connectivity index (χ1v) is 9.00. The van der Waals surface area contributed by atoms with Crippen LogP contribution in [0.3, 0.4) is 0 Å². The molecule has 1 aromatic heterocycles. The van der Waals surface area contributed by atoms with Crippen LogP contribution in [0.4, 0.5) is 0 Å². The van der Waals surface area contributed by atoms with E-state index < -0.39 is 5.54 Å². The molecule has 1 amide bonds. The van der Waals surface area contributed by atoms with Crippen LogP contribution in [-0.4, -0.2) is 28.1 Å². The van der Waals surface area contributed by atoms with E-state index in [9.17, 15) is 4.79 Å². The summed E-state index contributed by atoms with van der Waals surface area (Å²) >= 11 is 0. The summed E-state index contributed by atoms with van der Waals surface area (Å²) in [4.78, 5) is 17.1. The van der Waals surface area contributed by atoms with Crippen molar-refractivity contribution < 1.29 is 9.32 Å². The molecule has 7 heteroatoms. The minimum absolute atomic E-state index is 0. The lowest BCUT2D eigenvalue weighted by Crippen LogP contribution is -2.55. The van der Waals surface area contributed by atoms with Gasteiger partial charge in [-0.05, 0) is 30.4 Å². The molecule has 6 nitrogen and oxygen atoms in total. The largest absolute Gasteiger partial charge is 0.345 e. The minimum Gasteiger partial charge on any atom is -0.345 e. The zero-order valence-electron chi connectivity index (χ0n) is 17.0. The molecule has 1 aromatic carbocycles. The summed E-state index contributed by atoms with van der Waals surface area (Å²) in [5, 5.41) is 7.10. The number of amides is 1. The second-order valence-corrected chi connectivity index (χ2v) is 8.56. The van der Waals surface area contributed by atoms with Crippen LogP contribution in [0.25, 0.3) is 11.4 Å². The molecule has 1 atom stereocenters. The Bertz CT molecular complexity index is 767. The number of nitrogens with one attached hydrogen (secondary N) is 1. The maximum atomic E-state index is 12.7. The highest BCUT2D eigenvalue weighted by Gasteiger charge is 2.29. The molecular weight excluding hydrogens is 364 g/mol. The van der Waals surface area contributed by atoms with E-state index in [1.54, 1.807) is 12.1 Å². The average molecular weight is 395 g/mol. The molecule has 1 unspecified atom stereocenters. The Kier molecular flexibility index (Phi) is 7.57. The van der Waals surface area contributed by atoms with Crippen LogP contribution in [0.1, 0.15) is 57.8 Å². The van der Waals surface area contributed by atoms with E-state index >= 15 is 0 Å². The number of hydrogen-bond donors (Lipinski definition) is 2. The highest BCUT2D eigenvalue weighted by atomic mass is 35.5. The van der Waals surface area contributed by atoms with Crippen molar-refractivity contribution in [1.82, 2.24) is 15.5 Å². The molecule has 0 spiro atoms. The van der Waals surface area contributed by atoms with Crippen LogP contribution in [0.5, 0.6) is 0 Å². The van der Waals surface area contributed by atoms with E-state index in [0.29, 0.717) is 30.2 Å². The molecule has 0 fully saturated rings. The molecule has 1 heterocycles. The zero-order valence-corrected chi connectivity index (χ0v) is 17.8. The van der Waals surface area contributed by atoms with Gasteiger partial charge in [0.1, 0.15) is 0 Å². The Labute approximate surface area is 167 Å². The smallest absolute Gasteiger partial charge is 0.251 e. The van der Waals surface area contributed by atoms with Crippen molar-refractivity contribution >= 4 is 18.3 Å². The summed E-state index contributed by atoms with van der Waals surface area (Å²) in [6, 6.07) is 7.23. The Morgan fingerprint density at radius 2 is 1.93 bits per heavy atom. The minimum atomic E-state index is -0.459. The number of aromatic nitrogens is 2. The van der Waals surface area contributed by atoms with Gasteiger partial charge in [-0.1, -0.05) is 51.9 Å².